The Morgan fingerprint density at radius 2 is 1.31 bits per heavy atom. The largest absolute Gasteiger partial charge is 0.254 e. The summed E-state index contributed by atoms with van der Waals surface area (Å²) in [5.41, 5.74) is 7.01. The summed E-state index contributed by atoms with van der Waals surface area (Å²) in [6.45, 7) is 13.6. The standard InChI is InChI=1S/C34H32N2/c1-33(2,3)24-17-22-12-14-28-26(15-16-35-32(28)31(22)36-20-24)23-18-29-25-10-8-7-9-21(25)11-13-27(29)30(19-23)34(4,5)6/h7-20H,1-6H3. The van der Waals surface area contributed by atoms with Crippen LogP contribution in [0.4, 0.5) is 0 Å². The Balaban J connectivity index is 1.66. The molecule has 0 bridgehead atoms. The molecule has 0 fully saturated rings. The van der Waals surface area contributed by atoms with E-state index in [2.05, 4.69) is 114 Å². The monoisotopic (exact) mass is 468 g/mol. The van der Waals surface area contributed by atoms with E-state index in [1.54, 1.807) is 0 Å². The van der Waals surface area contributed by atoms with Crippen molar-refractivity contribution in [2.45, 2.75) is 52.4 Å². The SMILES string of the molecule is CC(C)(C)c1cnc2c(ccc3c(-c4cc(C(C)(C)C)c5ccc6ccccc6c5c4)ccnc32)c1. The van der Waals surface area contributed by atoms with Gasteiger partial charge >= 0.3 is 0 Å². The average molecular weight is 469 g/mol. The Kier molecular flexibility index (Phi) is 4.95. The molecule has 4 aromatic carbocycles. The second-order valence-electron chi connectivity index (χ2n) is 12.0. The van der Waals surface area contributed by atoms with Crippen molar-refractivity contribution in [1.82, 2.24) is 9.97 Å². The summed E-state index contributed by atoms with van der Waals surface area (Å²) < 4.78 is 0. The van der Waals surface area contributed by atoms with E-state index in [0.29, 0.717) is 0 Å². The van der Waals surface area contributed by atoms with E-state index < -0.39 is 0 Å². The van der Waals surface area contributed by atoms with Gasteiger partial charge in [0, 0.05) is 23.2 Å². The third-order valence-corrected chi connectivity index (χ3v) is 7.41. The molecule has 36 heavy (non-hydrogen) atoms. The first-order valence-electron chi connectivity index (χ1n) is 12.8. The first-order valence-corrected chi connectivity index (χ1v) is 12.8. The van der Waals surface area contributed by atoms with Crippen molar-refractivity contribution in [2.24, 2.45) is 0 Å². The van der Waals surface area contributed by atoms with Crippen molar-refractivity contribution in [3.63, 3.8) is 0 Å². The number of rotatable bonds is 1. The quantitative estimate of drug-likeness (QED) is 0.225. The predicted octanol–water partition coefficient (Wildman–Crippen LogP) is 9.35. The molecule has 178 valence electrons. The molecule has 0 N–H and O–H groups in total. The fourth-order valence-electron chi connectivity index (χ4n) is 5.36. The van der Waals surface area contributed by atoms with Gasteiger partial charge in [-0.05, 0) is 78.9 Å². The lowest BCUT2D eigenvalue weighted by atomic mass is 9.80. The summed E-state index contributed by atoms with van der Waals surface area (Å²) in [5, 5.41) is 7.47. The summed E-state index contributed by atoms with van der Waals surface area (Å²) in [7, 11) is 0. The fourth-order valence-corrected chi connectivity index (χ4v) is 5.36. The number of pyridine rings is 2. The van der Waals surface area contributed by atoms with Gasteiger partial charge in [-0.25, -0.2) is 0 Å². The van der Waals surface area contributed by atoms with E-state index in [1.165, 1.54) is 43.8 Å². The lowest BCUT2D eigenvalue weighted by Gasteiger charge is -2.24. The van der Waals surface area contributed by atoms with Crippen molar-refractivity contribution >= 4 is 43.4 Å². The zero-order valence-electron chi connectivity index (χ0n) is 22.0. The summed E-state index contributed by atoms with van der Waals surface area (Å²) in [6, 6.07) is 26.8. The van der Waals surface area contributed by atoms with Gasteiger partial charge in [0.2, 0.25) is 0 Å². The van der Waals surface area contributed by atoms with Crippen molar-refractivity contribution in [1.29, 1.82) is 0 Å². The van der Waals surface area contributed by atoms with Crippen LogP contribution in [0.3, 0.4) is 0 Å². The Morgan fingerprint density at radius 1 is 0.556 bits per heavy atom. The van der Waals surface area contributed by atoms with Crippen LogP contribution >= 0.6 is 0 Å². The highest BCUT2D eigenvalue weighted by atomic mass is 14.7. The number of fused-ring (bicyclic) bond motifs is 6. The molecule has 0 aliphatic carbocycles. The van der Waals surface area contributed by atoms with Crippen LogP contribution in [0, 0.1) is 0 Å². The minimum absolute atomic E-state index is 0.0111. The van der Waals surface area contributed by atoms with Gasteiger partial charge in [0.05, 0.1) is 11.0 Å². The van der Waals surface area contributed by atoms with Gasteiger partial charge in [0.15, 0.2) is 0 Å². The van der Waals surface area contributed by atoms with E-state index in [-0.39, 0.29) is 10.8 Å². The van der Waals surface area contributed by atoms with Crippen LogP contribution in [0.2, 0.25) is 0 Å². The third-order valence-electron chi connectivity index (χ3n) is 7.41. The van der Waals surface area contributed by atoms with Gasteiger partial charge in [0.25, 0.3) is 0 Å². The predicted molar refractivity (Wildman–Crippen MR) is 155 cm³/mol. The van der Waals surface area contributed by atoms with Crippen molar-refractivity contribution in [2.75, 3.05) is 0 Å². The van der Waals surface area contributed by atoms with Crippen molar-refractivity contribution in [3.05, 3.63) is 96.3 Å². The van der Waals surface area contributed by atoms with E-state index >= 15 is 0 Å². The third kappa shape index (κ3) is 3.64. The van der Waals surface area contributed by atoms with E-state index in [1.807, 2.05) is 12.4 Å². The van der Waals surface area contributed by atoms with E-state index in [9.17, 15) is 0 Å². The molecule has 0 atom stereocenters. The summed E-state index contributed by atoms with van der Waals surface area (Å²) >= 11 is 0. The highest BCUT2D eigenvalue weighted by Crippen LogP contribution is 2.40. The Labute approximate surface area is 213 Å². The van der Waals surface area contributed by atoms with E-state index in [0.717, 1.165) is 21.8 Å². The molecule has 2 heteroatoms. The molecule has 0 radical (unpaired) electrons. The molecule has 2 aromatic heterocycles. The molecule has 0 spiro atoms. The van der Waals surface area contributed by atoms with Crippen LogP contribution < -0.4 is 0 Å². The number of hydrogen-bond acceptors (Lipinski definition) is 2. The summed E-state index contributed by atoms with van der Waals surface area (Å²) in [6.07, 6.45) is 3.94. The molecule has 0 aliphatic rings. The van der Waals surface area contributed by atoms with Gasteiger partial charge < -0.3 is 0 Å². The first-order chi connectivity index (χ1) is 17.1. The smallest absolute Gasteiger partial charge is 0.0970 e. The molecule has 0 unspecified atom stereocenters. The van der Waals surface area contributed by atoms with Crippen LogP contribution in [0.1, 0.15) is 52.7 Å². The Bertz CT molecular complexity index is 1800. The number of hydrogen-bond donors (Lipinski definition) is 0. The van der Waals surface area contributed by atoms with Crippen LogP contribution in [-0.2, 0) is 10.8 Å². The molecular weight excluding hydrogens is 436 g/mol. The van der Waals surface area contributed by atoms with E-state index in [4.69, 9.17) is 9.97 Å². The fraction of sp³-hybridized carbons (Fsp3) is 0.235. The van der Waals surface area contributed by atoms with Gasteiger partial charge in [-0.3, -0.25) is 9.97 Å². The molecule has 0 aliphatic heterocycles. The number of aromatic nitrogens is 2. The summed E-state index contributed by atoms with van der Waals surface area (Å²) in [4.78, 5) is 9.70. The second kappa shape index (κ2) is 7.86. The van der Waals surface area contributed by atoms with Gasteiger partial charge in [-0.2, -0.15) is 0 Å². The minimum Gasteiger partial charge on any atom is -0.254 e. The molecule has 0 amide bonds. The maximum atomic E-state index is 4.90. The molecule has 2 nitrogen and oxygen atoms in total. The van der Waals surface area contributed by atoms with Crippen LogP contribution in [0.15, 0.2) is 85.2 Å². The molecule has 0 saturated carbocycles. The molecule has 6 rings (SSSR count). The first kappa shape index (κ1) is 22.7. The van der Waals surface area contributed by atoms with Gasteiger partial charge in [-0.1, -0.05) is 90.1 Å². The highest BCUT2D eigenvalue weighted by molar-refractivity contribution is 6.12. The summed E-state index contributed by atoms with van der Waals surface area (Å²) in [5.74, 6) is 0. The topological polar surface area (TPSA) is 25.8 Å². The van der Waals surface area contributed by atoms with Crippen molar-refractivity contribution in [3.8, 4) is 11.1 Å². The molecule has 0 saturated heterocycles. The van der Waals surface area contributed by atoms with Crippen LogP contribution in [0.25, 0.3) is 54.5 Å². The van der Waals surface area contributed by atoms with Crippen molar-refractivity contribution < 1.29 is 0 Å². The lowest BCUT2D eigenvalue weighted by Crippen LogP contribution is -2.12. The zero-order chi connectivity index (χ0) is 25.2. The lowest BCUT2D eigenvalue weighted by molar-refractivity contribution is 0.589. The number of benzene rings is 4. The minimum atomic E-state index is 0.0111. The zero-order valence-corrected chi connectivity index (χ0v) is 22.0. The molecule has 2 heterocycles. The highest BCUT2D eigenvalue weighted by Gasteiger charge is 2.21. The molecule has 6 aromatic rings. The normalized spacial score (nSPS) is 12.7. The maximum Gasteiger partial charge on any atom is 0.0970 e. The van der Waals surface area contributed by atoms with Gasteiger partial charge in [0.1, 0.15) is 0 Å². The average Bonchev–Trinajstić information content (AvgIpc) is 2.86. The van der Waals surface area contributed by atoms with Crippen LogP contribution in [-0.4, -0.2) is 9.97 Å². The molecular formula is C34H32N2. The van der Waals surface area contributed by atoms with Crippen LogP contribution in [0.5, 0.6) is 0 Å². The Hall–Kier alpha value is -3.78. The number of nitrogens with zero attached hydrogens (tertiary/aromatic N) is 2. The van der Waals surface area contributed by atoms with Gasteiger partial charge in [-0.15, -0.1) is 0 Å². The second-order valence-corrected chi connectivity index (χ2v) is 12.0. The Morgan fingerprint density at radius 3 is 2.08 bits per heavy atom. The maximum absolute atomic E-state index is 4.90.